The Balaban J connectivity index is 5.75. The van der Waals surface area contributed by atoms with Gasteiger partial charge in [-0.1, -0.05) is 6.08 Å². The topological polar surface area (TPSA) is 18.5 Å². The SMILES string of the molecule is C=CC(CC(F)=C(F)F)CC(OCOC)(C(F)(F)F)C(F)(F)F. The second-order valence-corrected chi connectivity index (χ2v) is 4.44. The van der Waals surface area contributed by atoms with Crippen molar-refractivity contribution in [3.63, 3.8) is 0 Å². The second kappa shape index (κ2) is 8.04. The largest absolute Gasteiger partial charge is 0.426 e. The van der Waals surface area contributed by atoms with Crippen LogP contribution in [-0.2, 0) is 9.47 Å². The highest BCUT2D eigenvalue weighted by molar-refractivity contribution is 5.04. The number of alkyl halides is 6. The van der Waals surface area contributed by atoms with Crippen molar-refractivity contribution in [2.24, 2.45) is 5.92 Å². The molecule has 0 radical (unpaired) electrons. The summed E-state index contributed by atoms with van der Waals surface area (Å²) in [5.41, 5.74) is -4.71. The Bertz CT molecular complexity index is 407. The molecule has 0 aliphatic carbocycles. The number of hydrogen-bond donors (Lipinski definition) is 0. The molecule has 136 valence electrons. The fourth-order valence-electron chi connectivity index (χ4n) is 1.69. The molecule has 0 aliphatic heterocycles. The van der Waals surface area contributed by atoms with Gasteiger partial charge in [-0.05, 0) is 5.92 Å². The van der Waals surface area contributed by atoms with Crippen LogP contribution in [0.25, 0.3) is 0 Å². The van der Waals surface area contributed by atoms with Crippen molar-refractivity contribution in [2.45, 2.75) is 30.8 Å². The third kappa shape index (κ3) is 5.41. The summed E-state index contributed by atoms with van der Waals surface area (Å²) in [4.78, 5) is 0. The van der Waals surface area contributed by atoms with Crippen molar-refractivity contribution in [1.29, 1.82) is 0 Å². The summed E-state index contributed by atoms with van der Waals surface area (Å²) < 4.78 is 123. The Morgan fingerprint density at radius 2 is 1.52 bits per heavy atom. The molecule has 0 aromatic rings. The minimum Gasteiger partial charge on any atom is -0.359 e. The van der Waals surface area contributed by atoms with Gasteiger partial charge < -0.3 is 9.47 Å². The van der Waals surface area contributed by atoms with Crippen molar-refractivity contribution in [3.8, 4) is 0 Å². The van der Waals surface area contributed by atoms with E-state index >= 15 is 0 Å². The Morgan fingerprint density at radius 3 is 1.83 bits per heavy atom. The lowest BCUT2D eigenvalue weighted by Crippen LogP contribution is -2.59. The molecular formula is C12H13F9O2. The monoisotopic (exact) mass is 360 g/mol. The Kier molecular flexibility index (Phi) is 7.61. The third-order valence-electron chi connectivity index (χ3n) is 2.87. The highest BCUT2D eigenvalue weighted by Crippen LogP contribution is 2.50. The van der Waals surface area contributed by atoms with Crippen LogP contribution in [0.2, 0.25) is 0 Å². The maximum Gasteiger partial charge on any atom is 0.426 e. The molecule has 11 heteroatoms. The van der Waals surface area contributed by atoms with Gasteiger partial charge in [0.15, 0.2) is 5.83 Å². The molecule has 1 atom stereocenters. The molecular weight excluding hydrogens is 347 g/mol. The van der Waals surface area contributed by atoms with Crippen molar-refractivity contribution in [3.05, 3.63) is 24.6 Å². The zero-order valence-corrected chi connectivity index (χ0v) is 11.7. The van der Waals surface area contributed by atoms with Crippen molar-refractivity contribution >= 4 is 0 Å². The number of halogens is 9. The number of ether oxygens (including phenoxy) is 2. The molecule has 0 spiro atoms. The van der Waals surface area contributed by atoms with Gasteiger partial charge in [0.2, 0.25) is 0 Å². The highest BCUT2D eigenvalue weighted by atomic mass is 19.4. The molecule has 0 fully saturated rings. The summed E-state index contributed by atoms with van der Waals surface area (Å²) in [5.74, 6) is -4.03. The zero-order chi connectivity index (χ0) is 18.5. The molecule has 0 aliphatic rings. The van der Waals surface area contributed by atoms with E-state index in [4.69, 9.17) is 0 Å². The van der Waals surface area contributed by atoms with Crippen LogP contribution in [-0.4, -0.2) is 31.9 Å². The molecule has 23 heavy (non-hydrogen) atoms. The molecule has 0 bridgehead atoms. The highest BCUT2D eigenvalue weighted by Gasteiger charge is 2.72. The standard InChI is InChI=1S/C12H13F9O2/c1-3-7(4-8(13)9(14)15)5-10(11(16,17)18,12(19,20)21)23-6-22-2/h3,7H,1,4-6H2,2H3. The summed E-state index contributed by atoms with van der Waals surface area (Å²) in [7, 11) is 0.795. The lowest BCUT2D eigenvalue weighted by molar-refractivity contribution is -0.395. The maximum atomic E-state index is 13.0. The first-order chi connectivity index (χ1) is 10.3. The number of methoxy groups -OCH3 is 1. The summed E-state index contributed by atoms with van der Waals surface area (Å²) in [5, 5.41) is 0. The van der Waals surface area contributed by atoms with Gasteiger partial charge in [-0.25, -0.2) is 4.39 Å². The number of hydrogen-bond acceptors (Lipinski definition) is 2. The van der Waals surface area contributed by atoms with E-state index in [2.05, 4.69) is 16.1 Å². The first kappa shape index (κ1) is 21.8. The van der Waals surface area contributed by atoms with Crippen molar-refractivity contribution in [1.82, 2.24) is 0 Å². The Morgan fingerprint density at radius 1 is 1.04 bits per heavy atom. The molecule has 0 saturated carbocycles. The van der Waals surface area contributed by atoms with Crippen molar-refractivity contribution < 1.29 is 49.0 Å². The quantitative estimate of drug-likeness (QED) is 0.339. The van der Waals surface area contributed by atoms with E-state index in [0.29, 0.717) is 6.08 Å². The van der Waals surface area contributed by atoms with Crippen LogP contribution < -0.4 is 0 Å². The van der Waals surface area contributed by atoms with Gasteiger partial charge in [0.25, 0.3) is 5.60 Å². The van der Waals surface area contributed by atoms with Gasteiger partial charge in [-0.3, -0.25) is 0 Å². The molecule has 0 heterocycles. The van der Waals surface area contributed by atoms with E-state index < -0.39 is 55.4 Å². The van der Waals surface area contributed by atoms with Crippen LogP contribution in [0.15, 0.2) is 24.6 Å². The van der Waals surface area contributed by atoms with Gasteiger partial charge >= 0.3 is 18.4 Å². The van der Waals surface area contributed by atoms with Crippen molar-refractivity contribution in [2.75, 3.05) is 13.9 Å². The van der Waals surface area contributed by atoms with Crippen LogP contribution in [0.5, 0.6) is 0 Å². The lowest BCUT2D eigenvalue weighted by Gasteiger charge is -2.38. The first-order valence-corrected chi connectivity index (χ1v) is 5.91. The minimum atomic E-state index is -5.94. The molecule has 0 saturated heterocycles. The van der Waals surface area contributed by atoms with Gasteiger partial charge in [-0.2, -0.15) is 35.1 Å². The minimum absolute atomic E-state index is 0.519. The van der Waals surface area contributed by atoms with E-state index in [1.807, 2.05) is 0 Å². The van der Waals surface area contributed by atoms with Crippen LogP contribution >= 0.6 is 0 Å². The van der Waals surface area contributed by atoms with E-state index in [1.165, 1.54) is 0 Å². The van der Waals surface area contributed by atoms with Gasteiger partial charge in [-0.15, -0.1) is 6.58 Å². The van der Waals surface area contributed by atoms with E-state index in [0.717, 1.165) is 7.11 Å². The summed E-state index contributed by atoms with van der Waals surface area (Å²) in [6.07, 6.45) is -17.5. The Hall–Kier alpha value is -1.23. The van der Waals surface area contributed by atoms with Crippen LogP contribution in [0, 0.1) is 5.92 Å². The Labute approximate surface area is 125 Å². The van der Waals surface area contributed by atoms with Crippen LogP contribution in [0.4, 0.5) is 39.5 Å². The fourth-order valence-corrected chi connectivity index (χ4v) is 1.69. The van der Waals surface area contributed by atoms with E-state index in [9.17, 15) is 39.5 Å². The second-order valence-electron chi connectivity index (χ2n) is 4.44. The molecule has 0 N–H and O–H groups in total. The first-order valence-electron chi connectivity index (χ1n) is 5.91. The van der Waals surface area contributed by atoms with Gasteiger partial charge in [0.1, 0.15) is 6.79 Å². The smallest absolute Gasteiger partial charge is 0.359 e. The summed E-state index contributed by atoms with van der Waals surface area (Å²) in [6.45, 7) is 1.58. The maximum absolute atomic E-state index is 13.0. The average Bonchev–Trinajstić information content (AvgIpc) is 2.38. The normalized spacial score (nSPS) is 14.5. The summed E-state index contributed by atoms with van der Waals surface area (Å²) in [6, 6.07) is 0. The van der Waals surface area contributed by atoms with E-state index in [1.54, 1.807) is 0 Å². The molecule has 1 unspecified atom stereocenters. The third-order valence-corrected chi connectivity index (χ3v) is 2.87. The average molecular weight is 360 g/mol. The van der Waals surface area contributed by atoms with E-state index in [-0.39, 0.29) is 0 Å². The van der Waals surface area contributed by atoms with Crippen LogP contribution in [0.1, 0.15) is 12.8 Å². The predicted octanol–water partition coefficient (Wildman–Crippen LogP) is 5.13. The molecule has 0 aromatic heterocycles. The number of allylic oxidation sites excluding steroid dienone is 2. The fraction of sp³-hybridized carbons (Fsp3) is 0.667. The zero-order valence-electron chi connectivity index (χ0n) is 11.7. The molecule has 2 nitrogen and oxygen atoms in total. The number of rotatable bonds is 8. The molecule has 0 rings (SSSR count). The van der Waals surface area contributed by atoms with Crippen LogP contribution in [0.3, 0.4) is 0 Å². The summed E-state index contributed by atoms with van der Waals surface area (Å²) >= 11 is 0. The predicted molar refractivity (Wildman–Crippen MR) is 61.1 cm³/mol. The molecule has 0 aromatic carbocycles. The van der Waals surface area contributed by atoms with Gasteiger partial charge in [0.05, 0.1) is 0 Å². The molecule has 0 amide bonds. The van der Waals surface area contributed by atoms with Gasteiger partial charge in [0, 0.05) is 20.0 Å². The lowest BCUT2D eigenvalue weighted by atomic mass is 9.86.